The number of carbonyl (C=O) groups is 1. The first-order valence-corrected chi connectivity index (χ1v) is 12.5. The van der Waals surface area contributed by atoms with Crippen LogP contribution < -0.4 is 5.32 Å². The van der Waals surface area contributed by atoms with Crippen molar-refractivity contribution in [3.8, 4) is 0 Å². The van der Waals surface area contributed by atoms with Crippen molar-refractivity contribution in [1.29, 1.82) is 0 Å². The quantitative estimate of drug-likeness (QED) is 0.726. The number of carbonyl (C=O) groups excluding carboxylic acids is 1. The molecule has 2 aromatic carbocycles. The standard InChI is InChI=1S/C24H26ClN3O3S/c1-16-5-3-4-6-20(16)15-26-24(29)19-11-13-28(14-12-19)23-17(2)22(32(30,31)27-23)18-7-9-21(25)10-8-18/h3-10,19H,11-15H2,1-2H3,(H,26,29). The van der Waals surface area contributed by atoms with Gasteiger partial charge in [-0.1, -0.05) is 48.0 Å². The van der Waals surface area contributed by atoms with Crippen molar-refractivity contribution in [3.63, 3.8) is 0 Å². The molecule has 8 heteroatoms. The van der Waals surface area contributed by atoms with E-state index in [2.05, 4.69) is 9.71 Å². The number of hydrogen-bond acceptors (Lipinski definition) is 4. The molecule has 0 radical (unpaired) electrons. The molecule has 0 atom stereocenters. The summed E-state index contributed by atoms with van der Waals surface area (Å²) in [6, 6.07) is 14.7. The van der Waals surface area contributed by atoms with E-state index in [0.29, 0.717) is 54.5 Å². The molecule has 2 heterocycles. The van der Waals surface area contributed by atoms with Crippen LogP contribution >= 0.6 is 11.6 Å². The van der Waals surface area contributed by atoms with Crippen molar-refractivity contribution in [2.75, 3.05) is 13.1 Å². The van der Waals surface area contributed by atoms with Gasteiger partial charge in [0, 0.05) is 36.1 Å². The molecular formula is C24H26ClN3O3S. The Labute approximate surface area is 194 Å². The van der Waals surface area contributed by atoms with Gasteiger partial charge in [0.25, 0.3) is 10.0 Å². The molecule has 6 nitrogen and oxygen atoms in total. The number of aryl methyl sites for hydroxylation is 1. The second-order valence-corrected chi connectivity index (χ2v) is 10.2. The molecule has 2 aliphatic rings. The number of hydrogen-bond donors (Lipinski definition) is 1. The third kappa shape index (κ3) is 4.59. The van der Waals surface area contributed by atoms with Gasteiger partial charge in [0.15, 0.2) is 0 Å². The minimum absolute atomic E-state index is 0.0444. The number of rotatable bonds is 4. The number of amidine groups is 1. The minimum Gasteiger partial charge on any atom is -0.356 e. The lowest BCUT2D eigenvalue weighted by molar-refractivity contribution is -0.126. The van der Waals surface area contributed by atoms with Crippen LogP contribution in [0.5, 0.6) is 0 Å². The van der Waals surface area contributed by atoms with Crippen molar-refractivity contribution >= 4 is 38.3 Å². The molecular weight excluding hydrogens is 446 g/mol. The number of benzene rings is 2. The predicted molar refractivity (Wildman–Crippen MR) is 128 cm³/mol. The summed E-state index contributed by atoms with van der Waals surface area (Å²) < 4.78 is 29.6. The van der Waals surface area contributed by atoms with Crippen LogP contribution in [0.15, 0.2) is 58.5 Å². The van der Waals surface area contributed by atoms with Gasteiger partial charge < -0.3 is 10.2 Å². The van der Waals surface area contributed by atoms with E-state index in [9.17, 15) is 13.2 Å². The fourth-order valence-corrected chi connectivity index (χ4v) is 5.88. The second kappa shape index (κ2) is 9.08. The molecule has 0 saturated carbocycles. The molecule has 1 amide bonds. The van der Waals surface area contributed by atoms with E-state index in [1.54, 1.807) is 31.2 Å². The Morgan fingerprint density at radius 1 is 1.09 bits per heavy atom. The highest BCUT2D eigenvalue weighted by Crippen LogP contribution is 2.35. The number of piperidine rings is 1. The molecule has 0 bridgehead atoms. The van der Waals surface area contributed by atoms with Crippen LogP contribution in [0.1, 0.15) is 36.5 Å². The summed E-state index contributed by atoms with van der Waals surface area (Å²) in [5.74, 6) is 0.436. The maximum atomic E-state index is 12.8. The second-order valence-electron chi connectivity index (χ2n) is 8.26. The van der Waals surface area contributed by atoms with Crippen molar-refractivity contribution < 1.29 is 13.2 Å². The molecule has 0 spiro atoms. The van der Waals surface area contributed by atoms with Crippen LogP contribution in [0.2, 0.25) is 5.02 Å². The van der Waals surface area contributed by atoms with E-state index in [-0.39, 0.29) is 16.7 Å². The largest absolute Gasteiger partial charge is 0.356 e. The molecule has 2 aromatic rings. The Morgan fingerprint density at radius 3 is 2.41 bits per heavy atom. The summed E-state index contributed by atoms with van der Waals surface area (Å²) in [5.41, 5.74) is 3.48. The number of halogens is 1. The average Bonchev–Trinajstić information content (AvgIpc) is 3.02. The number of nitrogens with one attached hydrogen (secondary N) is 1. The van der Waals surface area contributed by atoms with Gasteiger partial charge in [-0.25, -0.2) is 0 Å². The van der Waals surface area contributed by atoms with E-state index in [4.69, 9.17) is 11.6 Å². The average molecular weight is 472 g/mol. The van der Waals surface area contributed by atoms with E-state index in [0.717, 1.165) is 11.1 Å². The fraction of sp³-hybridized carbons (Fsp3) is 0.333. The number of amides is 1. The summed E-state index contributed by atoms with van der Waals surface area (Å²) >= 11 is 5.95. The predicted octanol–water partition coefficient (Wildman–Crippen LogP) is 4.15. The number of nitrogens with zero attached hydrogens (tertiary/aromatic N) is 2. The fourth-order valence-electron chi connectivity index (χ4n) is 4.27. The number of sulfonamides is 1. The van der Waals surface area contributed by atoms with Crippen molar-refractivity contribution in [3.05, 3.63) is 75.8 Å². The van der Waals surface area contributed by atoms with Gasteiger partial charge in [-0.2, -0.15) is 8.42 Å². The van der Waals surface area contributed by atoms with Gasteiger partial charge in [-0.3, -0.25) is 4.79 Å². The molecule has 1 fully saturated rings. The monoisotopic (exact) mass is 471 g/mol. The number of likely N-dealkylation sites (tertiary alicyclic amines) is 1. The van der Waals surface area contributed by atoms with Crippen molar-refractivity contribution in [1.82, 2.24) is 10.2 Å². The zero-order valence-electron chi connectivity index (χ0n) is 18.1. The molecule has 32 heavy (non-hydrogen) atoms. The van der Waals surface area contributed by atoms with Gasteiger partial charge in [0.1, 0.15) is 10.7 Å². The van der Waals surface area contributed by atoms with E-state index < -0.39 is 10.0 Å². The summed E-state index contributed by atoms with van der Waals surface area (Å²) in [5, 5.41) is 3.59. The first kappa shape index (κ1) is 22.6. The van der Waals surface area contributed by atoms with Crippen LogP contribution in [0, 0.1) is 12.8 Å². The van der Waals surface area contributed by atoms with E-state index in [1.165, 1.54) is 0 Å². The van der Waals surface area contributed by atoms with Crippen LogP contribution in [-0.4, -0.2) is 38.2 Å². The van der Waals surface area contributed by atoms with Crippen LogP contribution in [0.4, 0.5) is 0 Å². The smallest absolute Gasteiger partial charge is 0.285 e. The third-order valence-corrected chi connectivity index (χ3v) is 7.85. The van der Waals surface area contributed by atoms with E-state index in [1.807, 2.05) is 36.1 Å². The molecule has 0 unspecified atom stereocenters. The summed E-state index contributed by atoms with van der Waals surface area (Å²) in [6.07, 6.45) is 1.31. The molecule has 2 aliphatic heterocycles. The van der Waals surface area contributed by atoms with Gasteiger partial charge in [-0.15, -0.1) is 4.40 Å². The highest BCUT2D eigenvalue weighted by atomic mass is 35.5. The van der Waals surface area contributed by atoms with Crippen LogP contribution in [0.25, 0.3) is 4.91 Å². The Hall–Kier alpha value is -2.64. The molecule has 0 aliphatic carbocycles. The van der Waals surface area contributed by atoms with E-state index >= 15 is 0 Å². The third-order valence-electron chi connectivity index (χ3n) is 6.13. The zero-order chi connectivity index (χ0) is 22.9. The minimum atomic E-state index is -3.77. The zero-order valence-corrected chi connectivity index (χ0v) is 19.7. The van der Waals surface area contributed by atoms with Crippen molar-refractivity contribution in [2.24, 2.45) is 10.3 Å². The first-order valence-electron chi connectivity index (χ1n) is 10.7. The summed E-state index contributed by atoms with van der Waals surface area (Å²) in [7, 11) is -3.77. The van der Waals surface area contributed by atoms with Gasteiger partial charge in [0.05, 0.1) is 0 Å². The Balaban J connectivity index is 1.41. The topological polar surface area (TPSA) is 78.8 Å². The molecule has 1 N–H and O–H groups in total. The SMILES string of the molecule is CC1=C(c2ccc(Cl)cc2)S(=O)(=O)N=C1N1CCC(C(=O)NCc2ccccc2C)CC1. The normalized spacial score (nSPS) is 18.6. The summed E-state index contributed by atoms with van der Waals surface area (Å²) in [6.45, 7) is 5.51. The maximum absolute atomic E-state index is 12.8. The Morgan fingerprint density at radius 2 is 1.75 bits per heavy atom. The maximum Gasteiger partial charge on any atom is 0.285 e. The molecule has 168 valence electrons. The highest BCUT2D eigenvalue weighted by molar-refractivity contribution is 8.00. The van der Waals surface area contributed by atoms with Crippen molar-refractivity contribution in [2.45, 2.75) is 33.2 Å². The molecule has 1 saturated heterocycles. The van der Waals surface area contributed by atoms with Gasteiger partial charge in [0.2, 0.25) is 5.91 Å². The lowest BCUT2D eigenvalue weighted by atomic mass is 9.95. The van der Waals surface area contributed by atoms with Gasteiger partial charge >= 0.3 is 0 Å². The lowest BCUT2D eigenvalue weighted by Gasteiger charge is -2.32. The Bertz CT molecular complexity index is 1200. The van der Waals surface area contributed by atoms with Crippen LogP contribution in [0.3, 0.4) is 0 Å². The molecule has 0 aromatic heterocycles. The first-order chi connectivity index (χ1) is 15.3. The van der Waals surface area contributed by atoms with Crippen LogP contribution in [-0.2, 0) is 21.4 Å². The Kier molecular flexibility index (Phi) is 6.40. The lowest BCUT2D eigenvalue weighted by Crippen LogP contribution is -2.43. The summed E-state index contributed by atoms with van der Waals surface area (Å²) in [4.78, 5) is 14.9. The highest BCUT2D eigenvalue weighted by Gasteiger charge is 2.35. The molecule has 4 rings (SSSR count). The van der Waals surface area contributed by atoms with Gasteiger partial charge in [-0.05, 0) is 55.5 Å².